The van der Waals surface area contributed by atoms with E-state index in [1.807, 2.05) is 0 Å². The quantitative estimate of drug-likeness (QED) is 0.899. The van der Waals surface area contributed by atoms with Crippen LogP contribution < -0.4 is 11.1 Å². The Bertz CT molecular complexity index is 528. The van der Waals surface area contributed by atoms with Gasteiger partial charge in [-0.25, -0.2) is 0 Å². The molecule has 1 aromatic carbocycles. The van der Waals surface area contributed by atoms with E-state index in [0.29, 0.717) is 6.54 Å². The molecule has 1 saturated carbocycles. The molecule has 6 heteroatoms. The number of halogens is 3. The molecule has 1 aromatic rings. The molecule has 1 aliphatic carbocycles. The van der Waals surface area contributed by atoms with Crippen LogP contribution in [0, 0.1) is 18.8 Å². The van der Waals surface area contributed by atoms with E-state index in [1.54, 1.807) is 0 Å². The summed E-state index contributed by atoms with van der Waals surface area (Å²) in [6.45, 7) is 1.83. The minimum atomic E-state index is -4.42. The highest BCUT2D eigenvalue weighted by Gasteiger charge is 2.34. The second kappa shape index (κ2) is 6.05. The summed E-state index contributed by atoms with van der Waals surface area (Å²) in [7, 11) is 0. The zero-order valence-electron chi connectivity index (χ0n) is 11.8. The van der Waals surface area contributed by atoms with Crippen molar-refractivity contribution in [1.82, 2.24) is 0 Å². The number of amides is 1. The predicted octanol–water partition coefficient (Wildman–Crippen LogP) is 3.33. The molecule has 0 radical (unpaired) electrons. The highest BCUT2D eigenvalue weighted by atomic mass is 19.4. The van der Waals surface area contributed by atoms with Gasteiger partial charge in [-0.2, -0.15) is 13.2 Å². The summed E-state index contributed by atoms with van der Waals surface area (Å²) >= 11 is 0. The van der Waals surface area contributed by atoms with Crippen LogP contribution in [0.1, 0.15) is 30.4 Å². The molecule has 1 aliphatic rings. The molecule has 116 valence electrons. The van der Waals surface area contributed by atoms with Crippen LogP contribution in [-0.2, 0) is 11.0 Å². The van der Waals surface area contributed by atoms with Gasteiger partial charge in [0.1, 0.15) is 0 Å². The molecule has 1 amide bonds. The molecule has 2 atom stereocenters. The first kappa shape index (κ1) is 15.8. The first-order chi connectivity index (χ1) is 9.82. The number of hydrogen-bond acceptors (Lipinski definition) is 2. The maximum absolute atomic E-state index is 12.9. The maximum atomic E-state index is 12.9. The third-order valence-corrected chi connectivity index (χ3v) is 4.11. The van der Waals surface area contributed by atoms with Crippen molar-refractivity contribution in [3.63, 3.8) is 0 Å². The summed E-state index contributed by atoms with van der Waals surface area (Å²) in [5.74, 6) is -0.317. The predicted molar refractivity (Wildman–Crippen MR) is 74.7 cm³/mol. The van der Waals surface area contributed by atoms with Crippen LogP contribution in [0.4, 0.5) is 18.9 Å². The Morgan fingerprint density at radius 1 is 1.38 bits per heavy atom. The van der Waals surface area contributed by atoms with Crippen molar-refractivity contribution in [2.24, 2.45) is 17.6 Å². The fourth-order valence-corrected chi connectivity index (χ4v) is 2.90. The SMILES string of the molecule is Cc1ccc(NC(=O)C2CCCC2CN)cc1C(F)(F)F. The third-order valence-electron chi connectivity index (χ3n) is 4.11. The number of carbonyl (C=O) groups is 1. The number of nitrogens with one attached hydrogen (secondary N) is 1. The molecule has 0 spiro atoms. The monoisotopic (exact) mass is 300 g/mol. The van der Waals surface area contributed by atoms with Crippen molar-refractivity contribution >= 4 is 11.6 Å². The van der Waals surface area contributed by atoms with E-state index in [-0.39, 0.29) is 29.0 Å². The Kier molecular flexibility index (Phi) is 4.56. The number of nitrogens with two attached hydrogens (primary N) is 1. The fourth-order valence-electron chi connectivity index (χ4n) is 2.90. The van der Waals surface area contributed by atoms with Gasteiger partial charge in [0.15, 0.2) is 0 Å². The normalized spacial score (nSPS) is 22.3. The average Bonchev–Trinajstić information content (AvgIpc) is 2.88. The second-order valence-corrected chi connectivity index (χ2v) is 5.55. The number of carbonyl (C=O) groups excluding carboxylic acids is 1. The lowest BCUT2D eigenvalue weighted by Gasteiger charge is -2.18. The van der Waals surface area contributed by atoms with Crippen LogP contribution in [0.25, 0.3) is 0 Å². The highest BCUT2D eigenvalue weighted by molar-refractivity contribution is 5.93. The molecule has 1 fully saturated rings. The maximum Gasteiger partial charge on any atom is 0.416 e. The zero-order valence-corrected chi connectivity index (χ0v) is 11.8. The summed E-state index contributed by atoms with van der Waals surface area (Å²) in [4.78, 5) is 12.2. The second-order valence-electron chi connectivity index (χ2n) is 5.55. The zero-order chi connectivity index (χ0) is 15.6. The van der Waals surface area contributed by atoms with Crippen molar-refractivity contribution in [3.05, 3.63) is 29.3 Å². The summed E-state index contributed by atoms with van der Waals surface area (Å²) in [5.41, 5.74) is 5.23. The minimum absolute atomic E-state index is 0.123. The van der Waals surface area contributed by atoms with Crippen LogP contribution in [0.2, 0.25) is 0 Å². The van der Waals surface area contributed by atoms with E-state index in [9.17, 15) is 18.0 Å². The molecule has 2 unspecified atom stereocenters. The van der Waals surface area contributed by atoms with Gasteiger partial charge in [-0.3, -0.25) is 4.79 Å². The summed E-state index contributed by atoms with van der Waals surface area (Å²) < 4.78 is 38.6. The van der Waals surface area contributed by atoms with E-state index in [0.717, 1.165) is 25.3 Å². The first-order valence-corrected chi connectivity index (χ1v) is 7.01. The summed E-state index contributed by atoms with van der Waals surface area (Å²) in [6, 6.07) is 3.85. The molecule has 0 heterocycles. The molecule has 0 aromatic heterocycles. The van der Waals surface area contributed by atoms with Gasteiger partial charge in [-0.15, -0.1) is 0 Å². The van der Waals surface area contributed by atoms with Crippen LogP contribution in [-0.4, -0.2) is 12.5 Å². The lowest BCUT2D eigenvalue weighted by Crippen LogP contribution is -2.29. The molecule has 21 heavy (non-hydrogen) atoms. The fraction of sp³-hybridized carbons (Fsp3) is 0.533. The third kappa shape index (κ3) is 3.56. The lowest BCUT2D eigenvalue weighted by atomic mass is 9.95. The topological polar surface area (TPSA) is 55.1 Å². The summed E-state index contributed by atoms with van der Waals surface area (Å²) in [5, 5.41) is 2.59. The lowest BCUT2D eigenvalue weighted by molar-refractivity contribution is -0.138. The number of anilines is 1. The Hall–Kier alpha value is -1.56. The van der Waals surface area contributed by atoms with Crippen LogP contribution in [0.15, 0.2) is 18.2 Å². The van der Waals surface area contributed by atoms with Crippen LogP contribution >= 0.6 is 0 Å². The Morgan fingerprint density at radius 3 is 2.71 bits per heavy atom. The van der Waals surface area contributed by atoms with Crippen molar-refractivity contribution in [3.8, 4) is 0 Å². The number of rotatable bonds is 3. The standard InChI is InChI=1S/C15H19F3N2O/c1-9-5-6-11(7-13(9)15(16,17)18)20-14(21)12-4-2-3-10(12)8-19/h5-7,10,12H,2-4,8,19H2,1H3,(H,20,21). The van der Waals surface area contributed by atoms with Crippen molar-refractivity contribution < 1.29 is 18.0 Å². The Balaban J connectivity index is 2.15. The van der Waals surface area contributed by atoms with Gasteiger partial charge in [0.2, 0.25) is 5.91 Å². The number of alkyl halides is 3. The largest absolute Gasteiger partial charge is 0.416 e. The number of benzene rings is 1. The molecule has 0 aliphatic heterocycles. The molecule has 3 nitrogen and oxygen atoms in total. The minimum Gasteiger partial charge on any atom is -0.330 e. The van der Waals surface area contributed by atoms with Crippen molar-refractivity contribution in [2.75, 3.05) is 11.9 Å². The average molecular weight is 300 g/mol. The van der Waals surface area contributed by atoms with E-state index in [1.165, 1.54) is 19.1 Å². The van der Waals surface area contributed by atoms with Gasteiger partial charge < -0.3 is 11.1 Å². The van der Waals surface area contributed by atoms with Crippen LogP contribution in [0.3, 0.4) is 0 Å². The molecule has 3 N–H and O–H groups in total. The van der Waals surface area contributed by atoms with E-state index >= 15 is 0 Å². The van der Waals surface area contributed by atoms with E-state index in [4.69, 9.17) is 5.73 Å². The van der Waals surface area contributed by atoms with Gasteiger partial charge in [-0.1, -0.05) is 12.5 Å². The van der Waals surface area contributed by atoms with Gasteiger partial charge in [0, 0.05) is 11.6 Å². The molecular weight excluding hydrogens is 281 g/mol. The molecule has 0 saturated heterocycles. The molecule has 2 rings (SSSR count). The van der Waals surface area contributed by atoms with Gasteiger partial charge in [0.25, 0.3) is 0 Å². The van der Waals surface area contributed by atoms with Gasteiger partial charge in [-0.05, 0) is 49.9 Å². The Labute approximate surface area is 121 Å². The molecule has 0 bridgehead atoms. The van der Waals surface area contributed by atoms with E-state index in [2.05, 4.69) is 5.32 Å². The first-order valence-electron chi connectivity index (χ1n) is 7.01. The number of aryl methyl sites for hydroxylation is 1. The highest BCUT2D eigenvalue weighted by Crippen LogP contribution is 2.35. The van der Waals surface area contributed by atoms with Crippen molar-refractivity contribution in [2.45, 2.75) is 32.4 Å². The Morgan fingerprint density at radius 2 is 2.10 bits per heavy atom. The van der Waals surface area contributed by atoms with Gasteiger partial charge in [0.05, 0.1) is 5.56 Å². The summed E-state index contributed by atoms with van der Waals surface area (Å²) in [6.07, 6.45) is -1.85. The van der Waals surface area contributed by atoms with E-state index < -0.39 is 11.7 Å². The smallest absolute Gasteiger partial charge is 0.330 e. The molecular formula is C15H19F3N2O. The number of hydrogen-bond donors (Lipinski definition) is 2. The van der Waals surface area contributed by atoms with Crippen LogP contribution in [0.5, 0.6) is 0 Å². The van der Waals surface area contributed by atoms with Gasteiger partial charge >= 0.3 is 6.18 Å². The van der Waals surface area contributed by atoms with Crippen molar-refractivity contribution in [1.29, 1.82) is 0 Å².